The van der Waals surface area contributed by atoms with E-state index in [-0.39, 0.29) is 28.6 Å². The Balaban J connectivity index is 1.87. The molecule has 12 heteroatoms. The van der Waals surface area contributed by atoms with Crippen LogP contribution in [0.4, 0.5) is 14.7 Å². The van der Waals surface area contributed by atoms with Crippen LogP contribution in [0.5, 0.6) is 0 Å². The van der Waals surface area contributed by atoms with E-state index in [0.717, 1.165) is 18.2 Å². The summed E-state index contributed by atoms with van der Waals surface area (Å²) in [5.74, 6) is -2.59. The Kier molecular flexibility index (Phi) is 5.50. The van der Waals surface area contributed by atoms with Crippen LogP contribution in [-0.2, 0) is 4.79 Å². The number of halogens is 3. The minimum absolute atomic E-state index is 0.0451. The first-order chi connectivity index (χ1) is 14.9. The molecule has 2 aromatic carbocycles. The van der Waals surface area contributed by atoms with Gasteiger partial charge in [0, 0.05) is 22.8 Å². The Bertz CT molecular complexity index is 1240. The van der Waals surface area contributed by atoms with Crippen molar-refractivity contribution in [2.24, 2.45) is 0 Å². The molecule has 4 aromatic rings. The predicted octanol–water partition coefficient (Wildman–Crippen LogP) is 3.21. The van der Waals surface area contributed by atoms with Crippen molar-refractivity contribution in [2.75, 3.05) is 11.9 Å². The van der Waals surface area contributed by atoms with Crippen molar-refractivity contribution >= 4 is 23.5 Å². The number of nitrogens with zero attached hydrogens (tertiary/aromatic N) is 6. The molecule has 31 heavy (non-hydrogen) atoms. The van der Waals surface area contributed by atoms with E-state index < -0.39 is 24.1 Å². The molecule has 0 atom stereocenters. The maximum absolute atomic E-state index is 13.9. The van der Waals surface area contributed by atoms with E-state index in [2.05, 4.69) is 30.8 Å². The summed E-state index contributed by atoms with van der Waals surface area (Å²) in [6, 6.07) is 9.59. The summed E-state index contributed by atoms with van der Waals surface area (Å²) in [4.78, 5) is 19.2. The molecule has 156 valence electrons. The second-order valence-corrected chi connectivity index (χ2v) is 6.69. The van der Waals surface area contributed by atoms with Crippen LogP contribution in [0.3, 0.4) is 0 Å². The van der Waals surface area contributed by atoms with Gasteiger partial charge in [0.05, 0.1) is 16.9 Å². The van der Waals surface area contributed by atoms with E-state index in [4.69, 9.17) is 16.7 Å². The van der Waals surface area contributed by atoms with Crippen LogP contribution in [0, 0.1) is 11.6 Å². The minimum Gasteiger partial charge on any atom is -0.480 e. The van der Waals surface area contributed by atoms with Gasteiger partial charge in [-0.05, 0) is 46.8 Å². The number of carboxylic acid groups (broad SMARTS) is 1. The quantitative estimate of drug-likeness (QED) is 0.466. The molecule has 2 heterocycles. The first kappa shape index (κ1) is 20.3. The average molecular weight is 444 g/mol. The standard InChI is InChI=1S/C19H12ClF2N7O2/c20-11-1-3-14(4-2-11)29-18(26-27-28-29)15-8-23-19(24-9-16(30)31)25-17(15)10-5-12(21)7-13(22)6-10/h1-8H,9H2,(H,30,31)(H,23,24,25). The van der Waals surface area contributed by atoms with Crippen LogP contribution in [0.2, 0.25) is 5.02 Å². The second kappa shape index (κ2) is 8.40. The smallest absolute Gasteiger partial charge is 0.322 e. The Hall–Kier alpha value is -3.99. The molecule has 2 N–H and O–H groups in total. The molecule has 0 amide bonds. The van der Waals surface area contributed by atoms with E-state index in [9.17, 15) is 13.6 Å². The maximum atomic E-state index is 13.9. The molecule has 0 aliphatic carbocycles. The van der Waals surface area contributed by atoms with E-state index in [1.54, 1.807) is 24.3 Å². The van der Waals surface area contributed by atoms with Crippen molar-refractivity contribution in [1.29, 1.82) is 0 Å². The van der Waals surface area contributed by atoms with E-state index >= 15 is 0 Å². The van der Waals surface area contributed by atoms with Gasteiger partial charge in [-0.1, -0.05) is 11.6 Å². The van der Waals surface area contributed by atoms with Crippen molar-refractivity contribution in [1.82, 2.24) is 30.2 Å². The highest BCUT2D eigenvalue weighted by molar-refractivity contribution is 6.30. The summed E-state index contributed by atoms with van der Waals surface area (Å²) in [6.07, 6.45) is 1.34. The molecule has 0 aliphatic heterocycles. The first-order valence-electron chi connectivity index (χ1n) is 8.74. The molecule has 0 fully saturated rings. The highest BCUT2D eigenvalue weighted by Crippen LogP contribution is 2.31. The zero-order valence-corrected chi connectivity index (χ0v) is 16.3. The maximum Gasteiger partial charge on any atom is 0.322 e. The van der Waals surface area contributed by atoms with Crippen LogP contribution in [-0.4, -0.2) is 47.8 Å². The minimum atomic E-state index is -1.13. The Morgan fingerprint density at radius 3 is 2.52 bits per heavy atom. The molecule has 2 aromatic heterocycles. The van der Waals surface area contributed by atoms with E-state index in [1.807, 2.05) is 0 Å². The third-order valence-corrected chi connectivity index (χ3v) is 4.36. The normalized spacial score (nSPS) is 10.8. The number of anilines is 1. The third-order valence-electron chi connectivity index (χ3n) is 4.10. The summed E-state index contributed by atoms with van der Waals surface area (Å²) in [6.45, 7) is -0.446. The lowest BCUT2D eigenvalue weighted by atomic mass is 10.1. The van der Waals surface area contributed by atoms with Gasteiger partial charge in [0.15, 0.2) is 5.82 Å². The van der Waals surface area contributed by atoms with Crippen molar-refractivity contribution in [2.45, 2.75) is 0 Å². The van der Waals surface area contributed by atoms with Crippen LogP contribution in [0.25, 0.3) is 28.3 Å². The molecular weight excluding hydrogens is 432 g/mol. The summed E-state index contributed by atoms with van der Waals surface area (Å²) in [7, 11) is 0. The SMILES string of the molecule is O=C(O)CNc1ncc(-c2nnnn2-c2ccc(Cl)cc2)c(-c2cc(F)cc(F)c2)n1. The molecule has 0 bridgehead atoms. The number of benzene rings is 2. The van der Waals surface area contributed by atoms with Crippen molar-refractivity contribution < 1.29 is 18.7 Å². The lowest BCUT2D eigenvalue weighted by Crippen LogP contribution is -2.14. The van der Waals surface area contributed by atoms with Gasteiger partial charge in [-0.15, -0.1) is 5.10 Å². The monoisotopic (exact) mass is 443 g/mol. The highest BCUT2D eigenvalue weighted by atomic mass is 35.5. The summed E-state index contributed by atoms with van der Waals surface area (Å²) in [5.41, 5.74) is 1.05. The summed E-state index contributed by atoms with van der Waals surface area (Å²) in [5, 5.41) is 23.6. The first-order valence-corrected chi connectivity index (χ1v) is 9.12. The number of tetrazole rings is 1. The number of hydrogen-bond acceptors (Lipinski definition) is 7. The number of aliphatic carboxylic acids is 1. The van der Waals surface area contributed by atoms with E-state index in [0.29, 0.717) is 10.7 Å². The van der Waals surface area contributed by atoms with Crippen LogP contribution < -0.4 is 5.32 Å². The lowest BCUT2D eigenvalue weighted by Gasteiger charge is -2.11. The molecule has 4 rings (SSSR count). The van der Waals surface area contributed by atoms with Crippen LogP contribution in [0.1, 0.15) is 0 Å². The number of carboxylic acids is 1. The van der Waals surface area contributed by atoms with Gasteiger partial charge in [-0.2, -0.15) is 4.68 Å². The topological polar surface area (TPSA) is 119 Å². The van der Waals surface area contributed by atoms with Gasteiger partial charge < -0.3 is 10.4 Å². The van der Waals surface area contributed by atoms with Crippen molar-refractivity contribution in [3.05, 3.63) is 65.3 Å². The lowest BCUT2D eigenvalue weighted by molar-refractivity contribution is -0.134. The third kappa shape index (κ3) is 4.46. The van der Waals surface area contributed by atoms with Crippen molar-refractivity contribution in [3.8, 4) is 28.3 Å². The van der Waals surface area contributed by atoms with Crippen LogP contribution >= 0.6 is 11.6 Å². The fourth-order valence-electron chi connectivity index (χ4n) is 2.81. The van der Waals surface area contributed by atoms with E-state index in [1.165, 1.54) is 10.9 Å². The van der Waals surface area contributed by atoms with Gasteiger partial charge in [0.2, 0.25) is 5.95 Å². The predicted molar refractivity (Wildman–Crippen MR) is 107 cm³/mol. The molecule has 0 aliphatic rings. The number of aromatic nitrogens is 6. The average Bonchev–Trinajstić information content (AvgIpc) is 3.21. The number of rotatable bonds is 6. The van der Waals surface area contributed by atoms with Gasteiger partial charge >= 0.3 is 5.97 Å². The molecular formula is C19H12ClF2N7O2. The molecule has 0 radical (unpaired) electrons. The zero-order valence-electron chi connectivity index (χ0n) is 15.5. The zero-order chi connectivity index (χ0) is 22.0. The summed E-state index contributed by atoms with van der Waals surface area (Å²) < 4.78 is 29.2. The van der Waals surface area contributed by atoms with Gasteiger partial charge in [-0.3, -0.25) is 4.79 Å². The summed E-state index contributed by atoms with van der Waals surface area (Å²) >= 11 is 5.93. The van der Waals surface area contributed by atoms with Crippen LogP contribution in [0.15, 0.2) is 48.7 Å². The molecule has 0 saturated carbocycles. The Morgan fingerprint density at radius 2 is 1.84 bits per heavy atom. The second-order valence-electron chi connectivity index (χ2n) is 6.25. The Morgan fingerprint density at radius 1 is 1.13 bits per heavy atom. The van der Waals surface area contributed by atoms with Crippen molar-refractivity contribution in [3.63, 3.8) is 0 Å². The number of carbonyl (C=O) groups is 1. The molecule has 0 spiro atoms. The molecule has 9 nitrogen and oxygen atoms in total. The largest absolute Gasteiger partial charge is 0.480 e. The molecule has 0 unspecified atom stereocenters. The number of nitrogens with one attached hydrogen (secondary N) is 1. The number of hydrogen-bond donors (Lipinski definition) is 2. The molecule has 0 saturated heterocycles. The fraction of sp³-hybridized carbons (Fsp3) is 0.0526. The van der Waals surface area contributed by atoms with Gasteiger partial charge in [-0.25, -0.2) is 18.7 Å². The Labute approximate surface area is 178 Å². The fourth-order valence-corrected chi connectivity index (χ4v) is 2.93. The highest BCUT2D eigenvalue weighted by Gasteiger charge is 2.20. The van der Waals surface area contributed by atoms with Gasteiger partial charge in [0.1, 0.15) is 18.2 Å². The van der Waals surface area contributed by atoms with Gasteiger partial charge in [0.25, 0.3) is 0 Å².